The van der Waals surface area contributed by atoms with E-state index in [1.54, 1.807) is 18.2 Å². The Morgan fingerprint density at radius 3 is 2.60 bits per heavy atom. The van der Waals surface area contributed by atoms with Gasteiger partial charge in [0.05, 0.1) is 17.8 Å². The number of rotatable bonds is 1. The van der Waals surface area contributed by atoms with Crippen LogP contribution >= 0.6 is 0 Å². The first kappa shape index (κ1) is 15.0. The van der Waals surface area contributed by atoms with Gasteiger partial charge in [-0.2, -0.15) is 0 Å². The highest BCUT2D eigenvalue weighted by molar-refractivity contribution is 5.93. The van der Waals surface area contributed by atoms with Gasteiger partial charge >= 0.3 is 0 Å². The van der Waals surface area contributed by atoms with E-state index in [1.165, 1.54) is 17.7 Å². The van der Waals surface area contributed by atoms with E-state index in [9.17, 15) is 9.50 Å². The van der Waals surface area contributed by atoms with Gasteiger partial charge in [-0.25, -0.2) is 4.39 Å². The molecule has 0 bridgehead atoms. The first-order chi connectivity index (χ1) is 12.1. The largest absolute Gasteiger partial charge is 0.507 e. The molecule has 1 unspecified atom stereocenters. The second-order valence-electron chi connectivity index (χ2n) is 7.31. The molecule has 2 aromatic carbocycles. The van der Waals surface area contributed by atoms with Crippen LogP contribution in [0.15, 0.2) is 42.5 Å². The van der Waals surface area contributed by atoms with Crippen molar-refractivity contribution in [3.63, 3.8) is 0 Å². The highest BCUT2D eigenvalue weighted by Crippen LogP contribution is 2.54. The van der Waals surface area contributed by atoms with E-state index in [2.05, 4.69) is 11.5 Å². The van der Waals surface area contributed by atoms with E-state index < -0.39 is 0 Å². The number of phenolic OH excluding ortho intramolecular Hbond substituents is 1. The van der Waals surface area contributed by atoms with Crippen molar-refractivity contribution in [3.8, 4) is 11.4 Å². The Hall–Kier alpha value is -2.33. The van der Waals surface area contributed by atoms with Crippen LogP contribution in [0.25, 0.3) is 16.6 Å². The minimum absolute atomic E-state index is 0.207. The number of ether oxygens (including phenoxy) is 1. The standard InChI is InChI=1S/C21H20FNO2/c1-13-12-25-21(10-3-11-21)20-18(13)19-16(4-2-5-17(19)24)23(20)15-8-6-14(22)7-9-15/h2,4-9,13,24H,3,10-12H2,1H3. The molecule has 4 heteroatoms. The number of aromatic nitrogens is 1. The second kappa shape index (κ2) is 5.09. The zero-order valence-electron chi connectivity index (χ0n) is 14.1. The number of halogens is 1. The molecule has 3 aromatic rings. The first-order valence-corrected chi connectivity index (χ1v) is 8.87. The highest BCUT2D eigenvalue weighted by Gasteiger charge is 2.48. The first-order valence-electron chi connectivity index (χ1n) is 8.87. The monoisotopic (exact) mass is 337 g/mol. The van der Waals surface area contributed by atoms with Crippen LogP contribution in [0.2, 0.25) is 0 Å². The summed E-state index contributed by atoms with van der Waals surface area (Å²) in [5.74, 6) is 0.261. The maximum absolute atomic E-state index is 13.5. The maximum atomic E-state index is 13.5. The lowest BCUT2D eigenvalue weighted by atomic mass is 9.73. The van der Waals surface area contributed by atoms with Crippen LogP contribution in [0.5, 0.6) is 5.75 Å². The predicted octanol–water partition coefficient (Wildman–Crippen LogP) is 4.99. The molecule has 1 atom stereocenters. The molecule has 3 nitrogen and oxygen atoms in total. The summed E-state index contributed by atoms with van der Waals surface area (Å²) in [6, 6.07) is 12.2. The summed E-state index contributed by atoms with van der Waals surface area (Å²) in [5.41, 5.74) is 3.91. The van der Waals surface area contributed by atoms with Crippen molar-refractivity contribution in [3.05, 3.63) is 59.5 Å². The number of fused-ring (bicyclic) bond motifs is 4. The number of hydrogen-bond acceptors (Lipinski definition) is 2. The lowest BCUT2D eigenvalue weighted by molar-refractivity contribution is -0.124. The zero-order chi connectivity index (χ0) is 17.2. The Morgan fingerprint density at radius 1 is 1.16 bits per heavy atom. The minimum atomic E-state index is -0.276. The fraction of sp³-hybridized carbons (Fsp3) is 0.333. The van der Waals surface area contributed by atoms with Crippen LogP contribution in [-0.4, -0.2) is 16.3 Å². The third-order valence-corrected chi connectivity index (χ3v) is 5.79. The van der Waals surface area contributed by atoms with Crippen molar-refractivity contribution in [2.45, 2.75) is 37.7 Å². The van der Waals surface area contributed by atoms with Crippen LogP contribution in [0.4, 0.5) is 4.39 Å². The van der Waals surface area contributed by atoms with E-state index in [0.717, 1.165) is 41.5 Å². The predicted molar refractivity (Wildman–Crippen MR) is 94.8 cm³/mol. The number of phenols is 1. The maximum Gasteiger partial charge on any atom is 0.125 e. The summed E-state index contributed by atoms with van der Waals surface area (Å²) in [5, 5.41) is 11.5. The molecule has 1 N–H and O–H groups in total. The molecule has 2 heterocycles. The molecule has 0 saturated heterocycles. The molecule has 1 fully saturated rings. The molecule has 0 radical (unpaired) electrons. The zero-order valence-corrected chi connectivity index (χ0v) is 14.1. The summed E-state index contributed by atoms with van der Waals surface area (Å²) >= 11 is 0. The van der Waals surface area contributed by atoms with Crippen molar-refractivity contribution in [1.82, 2.24) is 4.57 Å². The van der Waals surface area contributed by atoms with Crippen molar-refractivity contribution in [2.75, 3.05) is 6.61 Å². The molecule has 1 aliphatic heterocycles. The number of aromatic hydroxyl groups is 1. The van der Waals surface area contributed by atoms with E-state index in [-0.39, 0.29) is 17.3 Å². The number of nitrogens with zero attached hydrogens (tertiary/aromatic N) is 1. The van der Waals surface area contributed by atoms with Crippen LogP contribution in [0.1, 0.15) is 43.4 Å². The lowest BCUT2D eigenvalue weighted by Gasteiger charge is -2.47. The lowest BCUT2D eigenvalue weighted by Crippen LogP contribution is -2.43. The fourth-order valence-electron chi connectivity index (χ4n) is 4.45. The third-order valence-electron chi connectivity index (χ3n) is 5.79. The fourth-order valence-corrected chi connectivity index (χ4v) is 4.45. The van der Waals surface area contributed by atoms with Gasteiger partial charge in [0.2, 0.25) is 0 Å². The van der Waals surface area contributed by atoms with Crippen molar-refractivity contribution < 1.29 is 14.2 Å². The van der Waals surface area contributed by atoms with Crippen molar-refractivity contribution >= 4 is 10.9 Å². The molecular formula is C21H20FNO2. The van der Waals surface area contributed by atoms with E-state index in [0.29, 0.717) is 12.4 Å². The van der Waals surface area contributed by atoms with Crippen LogP contribution in [0.3, 0.4) is 0 Å². The van der Waals surface area contributed by atoms with Gasteiger partial charge < -0.3 is 14.4 Å². The molecule has 1 spiro atoms. The van der Waals surface area contributed by atoms with Gasteiger partial charge in [0.15, 0.2) is 0 Å². The summed E-state index contributed by atoms with van der Waals surface area (Å²) in [7, 11) is 0. The molecule has 1 aliphatic carbocycles. The Kier molecular flexibility index (Phi) is 3.04. The summed E-state index contributed by atoms with van der Waals surface area (Å²) in [6.45, 7) is 2.81. The minimum Gasteiger partial charge on any atom is -0.507 e. The van der Waals surface area contributed by atoms with E-state index >= 15 is 0 Å². The molecule has 25 heavy (non-hydrogen) atoms. The van der Waals surface area contributed by atoms with Crippen molar-refractivity contribution in [2.24, 2.45) is 0 Å². The molecule has 0 amide bonds. The average Bonchev–Trinajstić information content (AvgIpc) is 2.92. The highest BCUT2D eigenvalue weighted by atomic mass is 19.1. The van der Waals surface area contributed by atoms with Gasteiger partial charge in [-0.3, -0.25) is 0 Å². The number of hydrogen-bond donors (Lipinski definition) is 1. The quantitative estimate of drug-likeness (QED) is 0.679. The molecule has 1 saturated carbocycles. The van der Waals surface area contributed by atoms with E-state index in [4.69, 9.17) is 4.74 Å². The SMILES string of the molecule is CC1COC2(CCC2)c2c1c1c(O)cccc1n2-c1ccc(F)cc1. The molecule has 2 aliphatic rings. The molecule has 5 rings (SSSR count). The summed E-state index contributed by atoms with van der Waals surface area (Å²) in [6.07, 6.45) is 3.13. The Bertz CT molecular complexity index is 970. The number of benzene rings is 2. The van der Waals surface area contributed by atoms with Gasteiger partial charge in [-0.1, -0.05) is 13.0 Å². The average molecular weight is 337 g/mol. The summed E-state index contributed by atoms with van der Waals surface area (Å²) < 4.78 is 21.9. The van der Waals surface area contributed by atoms with Gasteiger partial charge in [-0.05, 0) is 61.2 Å². The van der Waals surface area contributed by atoms with Gasteiger partial charge in [0, 0.05) is 17.0 Å². The van der Waals surface area contributed by atoms with Crippen LogP contribution < -0.4 is 0 Å². The third kappa shape index (κ3) is 1.94. The van der Waals surface area contributed by atoms with Gasteiger partial charge in [0.25, 0.3) is 0 Å². The van der Waals surface area contributed by atoms with Gasteiger partial charge in [0.1, 0.15) is 17.2 Å². The van der Waals surface area contributed by atoms with Crippen LogP contribution in [0, 0.1) is 5.82 Å². The molecular weight excluding hydrogens is 317 g/mol. The Morgan fingerprint density at radius 2 is 1.92 bits per heavy atom. The van der Waals surface area contributed by atoms with Gasteiger partial charge in [-0.15, -0.1) is 0 Å². The Balaban J connectivity index is 1.92. The topological polar surface area (TPSA) is 34.4 Å². The van der Waals surface area contributed by atoms with E-state index in [1.807, 2.05) is 12.1 Å². The van der Waals surface area contributed by atoms with Crippen LogP contribution in [-0.2, 0) is 10.3 Å². The normalized spacial score (nSPS) is 21.3. The second-order valence-corrected chi connectivity index (χ2v) is 7.31. The molecule has 128 valence electrons. The summed E-state index contributed by atoms with van der Waals surface area (Å²) in [4.78, 5) is 0. The smallest absolute Gasteiger partial charge is 0.125 e. The Labute approximate surface area is 145 Å². The van der Waals surface area contributed by atoms with Crippen molar-refractivity contribution in [1.29, 1.82) is 0 Å². The molecule has 1 aromatic heterocycles.